The molecular formula is C20H21FO3. The van der Waals surface area contributed by atoms with Gasteiger partial charge in [-0.1, -0.05) is 44.7 Å². The molecule has 0 heterocycles. The van der Waals surface area contributed by atoms with Gasteiger partial charge in [0, 0.05) is 0 Å². The van der Waals surface area contributed by atoms with Crippen LogP contribution in [-0.4, -0.2) is 11.1 Å². The van der Waals surface area contributed by atoms with Crippen molar-refractivity contribution in [2.45, 2.75) is 32.8 Å². The molecule has 0 aliphatic rings. The minimum atomic E-state index is -1.24. The lowest BCUT2D eigenvalue weighted by Crippen LogP contribution is -2.17. The van der Waals surface area contributed by atoms with E-state index in [0.717, 1.165) is 11.1 Å². The molecule has 0 aliphatic carbocycles. The number of benzene rings is 2. The number of aliphatic hydroxyl groups excluding tert-OH is 1. The minimum Gasteiger partial charge on any atom is -0.423 e. The fourth-order valence-electron chi connectivity index (χ4n) is 2.33. The lowest BCUT2D eigenvalue weighted by molar-refractivity contribution is -0.131. The Balaban J connectivity index is 2.19. The van der Waals surface area contributed by atoms with Crippen LogP contribution in [0.15, 0.2) is 54.6 Å². The molecule has 24 heavy (non-hydrogen) atoms. The number of ether oxygens (including phenoxy) is 1. The third kappa shape index (κ3) is 4.09. The molecule has 2 aromatic rings. The Morgan fingerprint density at radius 2 is 1.79 bits per heavy atom. The van der Waals surface area contributed by atoms with Crippen LogP contribution in [0.3, 0.4) is 0 Å². The van der Waals surface area contributed by atoms with Crippen LogP contribution < -0.4 is 4.74 Å². The quantitative estimate of drug-likeness (QED) is 0.501. The van der Waals surface area contributed by atoms with Crippen molar-refractivity contribution in [2.24, 2.45) is 0 Å². The van der Waals surface area contributed by atoms with Gasteiger partial charge in [-0.25, -0.2) is 9.18 Å². The smallest absolute Gasteiger partial charge is 0.341 e. The van der Waals surface area contributed by atoms with E-state index < -0.39 is 17.9 Å². The maximum atomic E-state index is 13.0. The molecule has 0 aliphatic heterocycles. The number of carbonyl (C=O) groups excluding carboxylic acids is 1. The minimum absolute atomic E-state index is 0.0992. The summed E-state index contributed by atoms with van der Waals surface area (Å²) in [6.07, 6.45) is -1.24. The van der Waals surface area contributed by atoms with Crippen LogP contribution in [0.4, 0.5) is 4.39 Å². The number of aliphatic hydroxyl groups is 1. The molecule has 126 valence electrons. The van der Waals surface area contributed by atoms with Crippen molar-refractivity contribution in [3.05, 3.63) is 77.1 Å². The number of rotatable bonds is 5. The van der Waals surface area contributed by atoms with Crippen molar-refractivity contribution < 1.29 is 19.0 Å². The lowest BCUT2D eigenvalue weighted by Gasteiger charge is -2.16. The molecule has 0 fully saturated rings. The van der Waals surface area contributed by atoms with E-state index in [0.29, 0.717) is 11.3 Å². The SMILES string of the molecule is C=C(C(=O)Oc1cc(C)ccc1C(C)C)C(O)c1ccc(F)cc1. The van der Waals surface area contributed by atoms with E-state index in [2.05, 4.69) is 6.58 Å². The van der Waals surface area contributed by atoms with E-state index in [1.165, 1.54) is 24.3 Å². The standard InChI is InChI=1S/C20H21FO3/c1-12(2)17-10-5-13(3)11-18(17)24-20(23)14(4)19(22)15-6-8-16(21)9-7-15/h5-12,19,22H,4H2,1-3H3. The van der Waals surface area contributed by atoms with E-state index in [1.54, 1.807) is 6.07 Å². The molecule has 2 rings (SSSR count). The van der Waals surface area contributed by atoms with Gasteiger partial charge in [-0.15, -0.1) is 0 Å². The highest BCUT2D eigenvalue weighted by atomic mass is 19.1. The third-order valence-electron chi connectivity index (χ3n) is 3.77. The number of esters is 1. The molecule has 1 unspecified atom stereocenters. The highest BCUT2D eigenvalue weighted by Gasteiger charge is 2.22. The average molecular weight is 328 g/mol. The summed E-state index contributed by atoms with van der Waals surface area (Å²) in [6, 6.07) is 10.9. The number of hydrogen-bond acceptors (Lipinski definition) is 3. The molecule has 0 spiro atoms. The Morgan fingerprint density at radius 1 is 1.17 bits per heavy atom. The zero-order valence-electron chi connectivity index (χ0n) is 14.0. The van der Waals surface area contributed by atoms with Gasteiger partial charge in [-0.2, -0.15) is 0 Å². The summed E-state index contributed by atoms with van der Waals surface area (Å²) in [6.45, 7) is 9.54. The number of aryl methyl sites for hydroxylation is 1. The number of carbonyl (C=O) groups is 1. The highest BCUT2D eigenvalue weighted by molar-refractivity contribution is 5.91. The van der Waals surface area contributed by atoms with Gasteiger partial charge in [-0.05, 0) is 47.7 Å². The Labute approximate surface area is 141 Å². The summed E-state index contributed by atoms with van der Waals surface area (Å²) >= 11 is 0. The van der Waals surface area contributed by atoms with E-state index >= 15 is 0 Å². The Kier molecular flexibility index (Phi) is 5.52. The van der Waals surface area contributed by atoms with Gasteiger partial charge in [0.1, 0.15) is 17.7 Å². The summed E-state index contributed by atoms with van der Waals surface area (Å²) in [5.74, 6) is -0.481. The lowest BCUT2D eigenvalue weighted by atomic mass is 10.00. The first kappa shape index (κ1) is 17.9. The Bertz CT molecular complexity index is 748. The number of hydrogen-bond donors (Lipinski definition) is 1. The topological polar surface area (TPSA) is 46.5 Å². The number of halogens is 1. The molecule has 1 atom stereocenters. The van der Waals surface area contributed by atoms with Gasteiger partial charge >= 0.3 is 5.97 Å². The van der Waals surface area contributed by atoms with Crippen LogP contribution in [0, 0.1) is 12.7 Å². The van der Waals surface area contributed by atoms with Gasteiger partial charge in [0.2, 0.25) is 0 Å². The van der Waals surface area contributed by atoms with Crippen LogP contribution in [-0.2, 0) is 4.79 Å². The zero-order chi connectivity index (χ0) is 17.9. The van der Waals surface area contributed by atoms with Crippen LogP contribution in [0.5, 0.6) is 5.75 Å². The van der Waals surface area contributed by atoms with Crippen molar-refractivity contribution in [3.8, 4) is 5.75 Å². The summed E-state index contributed by atoms with van der Waals surface area (Å²) in [5.41, 5.74) is 2.15. The molecule has 1 N–H and O–H groups in total. The summed E-state index contributed by atoms with van der Waals surface area (Å²) in [7, 11) is 0. The van der Waals surface area contributed by atoms with Gasteiger partial charge in [0.05, 0.1) is 5.57 Å². The largest absolute Gasteiger partial charge is 0.423 e. The molecule has 0 bridgehead atoms. The van der Waals surface area contributed by atoms with Gasteiger partial charge in [-0.3, -0.25) is 0 Å². The van der Waals surface area contributed by atoms with Gasteiger partial charge < -0.3 is 9.84 Å². The fraction of sp³-hybridized carbons (Fsp3) is 0.250. The Hall–Kier alpha value is -2.46. The van der Waals surface area contributed by atoms with E-state index in [1.807, 2.05) is 32.9 Å². The van der Waals surface area contributed by atoms with Crippen molar-refractivity contribution in [1.29, 1.82) is 0 Å². The third-order valence-corrected chi connectivity index (χ3v) is 3.77. The maximum Gasteiger partial charge on any atom is 0.341 e. The van der Waals surface area contributed by atoms with Crippen LogP contribution in [0.25, 0.3) is 0 Å². The van der Waals surface area contributed by atoms with Crippen LogP contribution >= 0.6 is 0 Å². The molecule has 0 saturated heterocycles. The first-order chi connectivity index (χ1) is 11.3. The predicted molar refractivity (Wildman–Crippen MR) is 91.4 cm³/mol. The van der Waals surface area contributed by atoms with Crippen molar-refractivity contribution in [2.75, 3.05) is 0 Å². The predicted octanol–water partition coefficient (Wildman–Crippen LogP) is 4.45. The van der Waals surface area contributed by atoms with E-state index in [4.69, 9.17) is 4.74 Å². The summed E-state index contributed by atoms with van der Waals surface area (Å²) < 4.78 is 18.4. The average Bonchev–Trinajstić information content (AvgIpc) is 2.54. The summed E-state index contributed by atoms with van der Waals surface area (Å²) in [5, 5.41) is 10.2. The second kappa shape index (κ2) is 7.41. The maximum absolute atomic E-state index is 13.0. The molecule has 0 radical (unpaired) electrons. The van der Waals surface area contributed by atoms with Gasteiger partial charge in [0.15, 0.2) is 0 Å². The highest BCUT2D eigenvalue weighted by Crippen LogP contribution is 2.29. The zero-order valence-corrected chi connectivity index (χ0v) is 14.0. The van der Waals surface area contributed by atoms with Crippen LogP contribution in [0.1, 0.15) is 42.6 Å². The first-order valence-electron chi connectivity index (χ1n) is 7.74. The second-order valence-electron chi connectivity index (χ2n) is 6.06. The van der Waals surface area contributed by atoms with Crippen molar-refractivity contribution in [1.82, 2.24) is 0 Å². The second-order valence-corrected chi connectivity index (χ2v) is 6.06. The Morgan fingerprint density at radius 3 is 2.38 bits per heavy atom. The monoisotopic (exact) mass is 328 g/mol. The van der Waals surface area contributed by atoms with Crippen LogP contribution in [0.2, 0.25) is 0 Å². The fourth-order valence-corrected chi connectivity index (χ4v) is 2.33. The molecular weight excluding hydrogens is 307 g/mol. The van der Waals surface area contributed by atoms with Gasteiger partial charge in [0.25, 0.3) is 0 Å². The molecule has 2 aromatic carbocycles. The molecule has 3 nitrogen and oxygen atoms in total. The molecule has 0 saturated carbocycles. The first-order valence-corrected chi connectivity index (χ1v) is 7.74. The normalized spacial score (nSPS) is 12.1. The van der Waals surface area contributed by atoms with Crippen molar-refractivity contribution in [3.63, 3.8) is 0 Å². The van der Waals surface area contributed by atoms with E-state index in [9.17, 15) is 14.3 Å². The molecule has 0 aromatic heterocycles. The van der Waals surface area contributed by atoms with Crippen molar-refractivity contribution >= 4 is 5.97 Å². The van der Waals surface area contributed by atoms with E-state index in [-0.39, 0.29) is 11.5 Å². The molecule has 0 amide bonds. The summed E-state index contributed by atoms with van der Waals surface area (Å²) in [4.78, 5) is 12.3. The molecule has 4 heteroatoms.